The summed E-state index contributed by atoms with van der Waals surface area (Å²) in [6.07, 6.45) is 0.571. The van der Waals surface area contributed by atoms with Crippen molar-refractivity contribution >= 4 is 17.8 Å². The number of nitrogens with zero attached hydrogens (tertiary/aromatic N) is 1. The minimum absolute atomic E-state index is 0.100. The Kier molecular flexibility index (Phi) is 6.40. The first kappa shape index (κ1) is 19.9. The van der Waals surface area contributed by atoms with Crippen LogP contribution in [0.4, 0.5) is 0 Å². The predicted octanol–water partition coefficient (Wildman–Crippen LogP) is 2.32. The lowest BCUT2D eigenvalue weighted by atomic mass is 9.89. The topological polar surface area (TPSA) is 86.7 Å². The molecule has 1 saturated heterocycles. The Labute approximate surface area is 154 Å². The number of aryl methyl sites for hydroxylation is 1. The van der Waals surface area contributed by atoms with Gasteiger partial charge >= 0.3 is 5.97 Å². The van der Waals surface area contributed by atoms with Gasteiger partial charge in [-0.3, -0.25) is 14.4 Å². The molecule has 2 N–H and O–H groups in total. The quantitative estimate of drug-likeness (QED) is 0.844. The van der Waals surface area contributed by atoms with Crippen molar-refractivity contribution in [3.8, 4) is 0 Å². The van der Waals surface area contributed by atoms with Crippen LogP contribution in [0.5, 0.6) is 0 Å². The zero-order chi connectivity index (χ0) is 19.4. The maximum atomic E-state index is 13.0. The van der Waals surface area contributed by atoms with Gasteiger partial charge in [0, 0.05) is 18.7 Å². The van der Waals surface area contributed by atoms with Crippen LogP contribution in [-0.4, -0.2) is 46.9 Å². The summed E-state index contributed by atoms with van der Waals surface area (Å²) in [4.78, 5) is 38.5. The molecule has 1 aliphatic heterocycles. The van der Waals surface area contributed by atoms with E-state index in [-0.39, 0.29) is 30.2 Å². The highest BCUT2D eigenvalue weighted by molar-refractivity contribution is 5.97. The summed E-state index contributed by atoms with van der Waals surface area (Å²) in [6.45, 7) is 8.32. The van der Waals surface area contributed by atoms with Crippen LogP contribution >= 0.6 is 0 Å². The number of carbonyl (C=O) groups is 3. The molecule has 6 heteroatoms. The molecular weight excluding hydrogens is 332 g/mol. The van der Waals surface area contributed by atoms with Crippen molar-refractivity contribution in [2.24, 2.45) is 17.8 Å². The summed E-state index contributed by atoms with van der Waals surface area (Å²) in [5.41, 5.74) is 1.48. The van der Waals surface area contributed by atoms with Crippen molar-refractivity contribution in [2.45, 2.75) is 40.2 Å². The third-order valence-corrected chi connectivity index (χ3v) is 4.82. The molecule has 142 valence electrons. The Morgan fingerprint density at radius 1 is 1.23 bits per heavy atom. The van der Waals surface area contributed by atoms with E-state index in [0.29, 0.717) is 18.5 Å². The number of rotatable bonds is 5. The number of hydrogen-bond donors (Lipinski definition) is 2. The van der Waals surface area contributed by atoms with Crippen LogP contribution in [0.1, 0.15) is 43.1 Å². The molecule has 0 saturated carbocycles. The number of carbonyl (C=O) groups excluding carboxylic acids is 2. The van der Waals surface area contributed by atoms with Crippen LogP contribution in [0.15, 0.2) is 24.3 Å². The fraction of sp³-hybridized carbons (Fsp3) is 0.550. The summed E-state index contributed by atoms with van der Waals surface area (Å²) < 4.78 is 0. The summed E-state index contributed by atoms with van der Waals surface area (Å²) in [7, 11) is 0. The average Bonchev–Trinajstić information content (AvgIpc) is 2.58. The van der Waals surface area contributed by atoms with Crippen LogP contribution in [0.3, 0.4) is 0 Å². The van der Waals surface area contributed by atoms with Gasteiger partial charge in [0.1, 0.15) is 6.04 Å². The second-order valence-corrected chi connectivity index (χ2v) is 7.68. The Balaban J connectivity index is 2.14. The van der Waals surface area contributed by atoms with E-state index in [9.17, 15) is 19.5 Å². The number of carboxylic acids is 1. The van der Waals surface area contributed by atoms with Gasteiger partial charge in [0.25, 0.3) is 5.91 Å². The molecule has 2 rings (SSSR count). The highest BCUT2D eigenvalue weighted by atomic mass is 16.4. The maximum absolute atomic E-state index is 13.0. The number of likely N-dealkylation sites (tertiary alicyclic amines) is 1. The molecule has 0 radical (unpaired) electrons. The summed E-state index contributed by atoms with van der Waals surface area (Å²) in [5, 5.41) is 12.2. The van der Waals surface area contributed by atoms with E-state index >= 15 is 0 Å². The third kappa shape index (κ3) is 4.84. The largest absolute Gasteiger partial charge is 0.481 e. The highest BCUT2D eigenvalue weighted by Gasteiger charge is 2.36. The second-order valence-electron chi connectivity index (χ2n) is 7.68. The number of amides is 2. The number of piperidine rings is 1. The Bertz CT molecular complexity index is 686. The minimum atomic E-state index is -0.876. The van der Waals surface area contributed by atoms with Crippen LogP contribution in [-0.2, 0) is 9.59 Å². The van der Waals surface area contributed by atoms with Gasteiger partial charge in [0.15, 0.2) is 0 Å². The molecule has 1 heterocycles. The van der Waals surface area contributed by atoms with Crippen LogP contribution < -0.4 is 5.32 Å². The average molecular weight is 360 g/mol. The molecule has 1 aliphatic rings. The first-order valence-electron chi connectivity index (χ1n) is 9.08. The second kappa shape index (κ2) is 8.34. The van der Waals surface area contributed by atoms with Gasteiger partial charge in [-0.25, -0.2) is 0 Å². The SMILES string of the molecule is Cc1cccc(C(=O)NC(C(=O)N2CC(C)CC(C(=O)O)C2)C(C)C)c1. The summed E-state index contributed by atoms with van der Waals surface area (Å²) in [5.74, 6) is -1.91. The Morgan fingerprint density at radius 2 is 1.92 bits per heavy atom. The lowest BCUT2D eigenvalue weighted by Gasteiger charge is -2.37. The van der Waals surface area contributed by atoms with Crippen molar-refractivity contribution in [1.29, 1.82) is 0 Å². The lowest BCUT2D eigenvalue weighted by molar-refractivity contribution is -0.147. The first-order valence-corrected chi connectivity index (χ1v) is 9.08. The fourth-order valence-electron chi connectivity index (χ4n) is 3.43. The van der Waals surface area contributed by atoms with Crippen molar-refractivity contribution in [2.75, 3.05) is 13.1 Å². The van der Waals surface area contributed by atoms with Crippen molar-refractivity contribution in [1.82, 2.24) is 10.2 Å². The molecule has 1 fully saturated rings. The fourth-order valence-corrected chi connectivity index (χ4v) is 3.43. The molecule has 0 aromatic heterocycles. The smallest absolute Gasteiger partial charge is 0.308 e. The van der Waals surface area contributed by atoms with Crippen LogP contribution in [0.2, 0.25) is 0 Å². The number of aliphatic carboxylic acids is 1. The van der Waals surface area contributed by atoms with E-state index < -0.39 is 17.9 Å². The zero-order valence-corrected chi connectivity index (χ0v) is 15.9. The Hall–Kier alpha value is -2.37. The molecular formula is C20H28N2O4. The molecule has 6 nitrogen and oxygen atoms in total. The van der Waals surface area contributed by atoms with E-state index in [1.54, 1.807) is 23.1 Å². The number of hydrogen-bond acceptors (Lipinski definition) is 3. The maximum Gasteiger partial charge on any atom is 0.308 e. The normalized spacial score (nSPS) is 21.3. The van der Waals surface area contributed by atoms with Crippen LogP contribution in [0.25, 0.3) is 0 Å². The standard InChI is InChI=1S/C20H28N2O4/c1-12(2)17(21-18(23)15-7-5-6-13(3)8-15)19(24)22-10-14(4)9-16(11-22)20(25)26/h5-8,12,14,16-17H,9-11H2,1-4H3,(H,21,23)(H,25,26). The highest BCUT2D eigenvalue weighted by Crippen LogP contribution is 2.23. The lowest BCUT2D eigenvalue weighted by Crippen LogP contribution is -2.55. The van der Waals surface area contributed by atoms with E-state index in [1.165, 1.54) is 0 Å². The molecule has 1 aromatic carbocycles. The number of nitrogens with one attached hydrogen (secondary N) is 1. The Morgan fingerprint density at radius 3 is 2.50 bits per heavy atom. The number of carboxylic acid groups (broad SMARTS) is 1. The first-order chi connectivity index (χ1) is 12.2. The van der Waals surface area contributed by atoms with Gasteiger partial charge in [-0.2, -0.15) is 0 Å². The molecule has 26 heavy (non-hydrogen) atoms. The van der Waals surface area contributed by atoms with Crippen molar-refractivity contribution in [3.63, 3.8) is 0 Å². The minimum Gasteiger partial charge on any atom is -0.481 e. The van der Waals surface area contributed by atoms with E-state index in [0.717, 1.165) is 5.56 Å². The van der Waals surface area contributed by atoms with Crippen molar-refractivity contribution < 1.29 is 19.5 Å². The number of benzene rings is 1. The molecule has 3 atom stereocenters. The molecule has 0 aliphatic carbocycles. The van der Waals surface area contributed by atoms with E-state index in [1.807, 2.05) is 33.8 Å². The van der Waals surface area contributed by atoms with Gasteiger partial charge in [-0.05, 0) is 37.3 Å². The van der Waals surface area contributed by atoms with Gasteiger partial charge in [-0.1, -0.05) is 38.5 Å². The summed E-state index contributed by atoms with van der Waals surface area (Å²) in [6, 6.07) is 6.53. The molecule has 2 amide bonds. The van der Waals surface area contributed by atoms with Crippen molar-refractivity contribution in [3.05, 3.63) is 35.4 Å². The molecule has 0 bridgehead atoms. The molecule has 3 unspecified atom stereocenters. The third-order valence-electron chi connectivity index (χ3n) is 4.82. The predicted molar refractivity (Wildman–Crippen MR) is 98.8 cm³/mol. The van der Waals surface area contributed by atoms with Gasteiger partial charge < -0.3 is 15.3 Å². The van der Waals surface area contributed by atoms with Gasteiger partial charge in [0.2, 0.25) is 5.91 Å². The van der Waals surface area contributed by atoms with Crippen LogP contribution in [0, 0.1) is 24.7 Å². The van der Waals surface area contributed by atoms with Gasteiger partial charge in [-0.15, -0.1) is 0 Å². The zero-order valence-electron chi connectivity index (χ0n) is 15.9. The van der Waals surface area contributed by atoms with E-state index in [4.69, 9.17) is 0 Å². The molecule has 0 spiro atoms. The van der Waals surface area contributed by atoms with Gasteiger partial charge in [0.05, 0.1) is 5.92 Å². The van der Waals surface area contributed by atoms with E-state index in [2.05, 4.69) is 5.32 Å². The summed E-state index contributed by atoms with van der Waals surface area (Å²) >= 11 is 0. The monoisotopic (exact) mass is 360 g/mol. The molecule has 1 aromatic rings.